The second-order valence-electron chi connectivity index (χ2n) is 5.27. The molecule has 0 aromatic carbocycles. The highest BCUT2D eigenvalue weighted by Gasteiger charge is 2.25. The molecule has 1 N–H and O–H groups in total. The Morgan fingerprint density at radius 3 is 2.80 bits per heavy atom. The Labute approximate surface area is 93.8 Å². The lowest BCUT2D eigenvalue weighted by molar-refractivity contribution is 0.220. The highest BCUT2D eigenvalue weighted by molar-refractivity contribution is 4.83. The summed E-state index contributed by atoms with van der Waals surface area (Å²) in [5, 5.41) is 3.68. The molecule has 1 saturated carbocycles. The fraction of sp³-hybridized carbons (Fsp3) is 1.00. The summed E-state index contributed by atoms with van der Waals surface area (Å²) in [6.07, 6.45) is 5.55. The van der Waals surface area contributed by atoms with E-state index in [9.17, 15) is 0 Å². The van der Waals surface area contributed by atoms with Gasteiger partial charge in [0, 0.05) is 31.7 Å². The summed E-state index contributed by atoms with van der Waals surface area (Å²) >= 11 is 0. The molecule has 1 heterocycles. The molecule has 2 rings (SSSR count). The van der Waals surface area contributed by atoms with E-state index in [4.69, 9.17) is 0 Å². The van der Waals surface area contributed by atoms with E-state index < -0.39 is 0 Å². The maximum atomic E-state index is 3.68. The van der Waals surface area contributed by atoms with Crippen molar-refractivity contribution in [3.63, 3.8) is 0 Å². The van der Waals surface area contributed by atoms with E-state index >= 15 is 0 Å². The molecule has 1 saturated heterocycles. The molecule has 1 aliphatic heterocycles. The summed E-state index contributed by atoms with van der Waals surface area (Å²) in [5.74, 6) is 0. The summed E-state index contributed by atoms with van der Waals surface area (Å²) < 4.78 is 0. The van der Waals surface area contributed by atoms with Crippen LogP contribution < -0.4 is 5.32 Å². The predicted octanol–water partition coefficient (Wildman–Crippen LogP) is 0.764. The lowest BCUT2D eigenvalue weighted by Crippen LogP contribution is -2.46. The van der Waals surface area contributed by atoms with Gasteiger partial charge in [-0.2, -0.15) is 0 Å². The number of nitrogens with one attached hydrogen (secondary N) is 1. The molecule has 2 fully saturated rings. The third-order valence-corrected chi connectivity index (χ3v) is 3.69. The van der Waals surface area contributed by atoms with Gasteiger partial charge in [-0.05, 0) is 46.3 Å². The van der Waals surface area contributed by atoms with E-state index in [2.05, 4.69) is 29.2 Å². The fourth-order valence-electron chi connectivity index (χ4n) is 2.48. The standard InChI is InChI=1S/C12H25N3/c1-14-8-3-4-11(10-14)13-7-9-15(2)12-5-6-12/h11-13H,3-10H2,1-2H3. The van der Waals surface area contributed by atoms with Gasteiger partial charge in [0.05, 0.1) is 0 Å². The van der Waals surface area contributed by atoms with Crippen LogP contribution in [0, 0.1) is 0 Å². The Morgan fingerprint density at radius 1 is 1.33 bits per heavy atom. The van der Waals surface area contributed by atoms with Gasteiger partial charge in [-0.1, -0.05) is 0 Å². The molecule has 0 aromatic heterocycles. The van der Waals surface area contributed by atoms with Crippen molar-refractivity contribution in [3.05, 3.63) is 0 Å². The summed E-state index contributed by atoms with van der Waals surface area (Å²) in [4.78, 5) is 4.94. The van der Waals surface area contributed by atoms with Crippen LogP contribution in [0.25, 0.3) is 0 Å². The summed E-state index contributed by atoms with van der Waals surface area (Å²) in [7, 11) is 4.48. The van der Waals surface area contributed by atoms with E-state index in [1.54, 1.807) is 0 Å². The molecule has 1 aliphatic carbocycles. The van der Waals surface area contributed by atoms with Crippen molar-refractivity contribution < 1.29 is 0 Å². The molecule has 3 heteroatoms. The zero-order chi connectivity index (χ0) is 10.7. The summed E-state index contributed by atoms with van der Waals surface area (Å²) in [6, 6.07) is 1.64. The van der Waals surface area contributed by atoms with E-state index in [1.807, 2.05) is 0 Å². The minimum absolute atomic E-state index is 0.733. The van der Waals surface area contributed by atoms with Crippen LogP contribution in [0.1, 0.15) is 25.7 Å². The third kappa shape index (κ3) is 3.74. The Kier molecular flexibility index (Phi) is 4.00. The SMILES string of the molecule is CN1CCCC(NCCN(C)C2CC2)C1. The average Bonchev–Trinajstić information content (AvgIpc) is 3.00. The van der Waals surface area contributed by atoms with Gasteiger partial charge in [-0.25, -0.2) is 0 Å². The molecule has 0 amide bonds. The van der Waals surface area contributed by atoms with Crippen LogP contribution in [-0.4, -0.2) is 62.2 Å². The van der Waals surface area contributed by atoms with Gasteiger partial charge in [-0.15, -0.1) is 0 Å². The molecular weight excluding hydrogens is 186 g/mol. The number of rotatable bonds is 5. The highest BCUT2D eigenvalue weighted by Crippen LogP contribution is 2.24. The largest absolute Gasteiger partial charge is 0.311 e. The van der Waals surface area contributed by atoms with Crippen molar-refractivity contribution in [2.75, 3.05) is 40.3 Å². The van der Waals surface area contributed by atoms with Crippen LogP contribution >= 0.6 is 0 Å². The van der Waals surface area contributed by atoms with Crippen molar-refractivity contribution >= 4 is 0 Å². The molecule has 1 atom stereocenters. The van der Waals surface area contributed by atoms with Gasteiger partial charge in [0.1, 0.15) is 0 Å². The van der Waals surface area contributed by atoms with Gasteiger partial charge < -0.3 is 15.1 Å². The van der Waals surface area contributed by atoms with E-state index in [0.717, 1.165) is 18.6 Å². The van der Waals surface area contributed by atoms with Crippen LogP contribution in [0.4, 0.5) is 0 Å². The third-order valence-electron chi connectivity index (χ3n) is 3.69. The first-order chi connectivity index (χ1) is 7.25. The molecule has 0 radical (unpaired) electrons. The van der Waals surface area contributed by atoms with Crippen molar-refractivity contribution in [3.8, 4) is 0 Å². The van der Waals surface area contributed by atoms with Gasteiger partial charge >= 0.3 is 0 Å². The van der Waals surface area contributed by atoms with Crippen LogP contribution in [-0.2, 0) is 0 Å². The van der Waals surface area contributed by atoms with Gasteiger partial charge in [0.2, 0.25) is 0 Å². The second-order valence-corrected chi connectivity index (χ2v) is 5.27. The monoisotopic (exact) mass is 211 g/mol. The smallest absolute Gasteiger partial charge is 0.0195 e. The molecule has 15 heavy (non-hydrogen) atoms. The first kappa shape index (κ1) is 11.4. The Balaban J connectivity index is 1.56. The fourth-order valence-corrected chi connectivity index (χ4v) is 2.48. The normalized spacial score (nSPS) is 28.6. The molecule has 3 nitrogen and oxygen atoms in total. The Bertz CT molecular complexity index is 191. The van der Waals surface area contributed by atoms with Crippen molar-refractivity contribution in [2.24, 2.45) is 0 Å². The lowest BCUT2D eigenvalue weighted by atomic mass is 10.1. The maximum Gasteiger partial charge on any atom is 0.0195 e. The van der Waals surface area contributed by atoms with Crippen molar-refractivity contribution in [2.45, 2.75) is 37.8 Å². The molecular formula is C12H25N3. The van der Waals surface area contributed by atoms with Crippen LogP contribution in [0.2, 0.25) is 0 Å². The highest BCUT2D eigenvalue weighted by atomic mass is 15.2. The minimum Gasteiger partial charge on any atom is -0.311 e. The summed E-state index contributed by atoms with van der Waals surface area (Å²) in [5.41, 5.74) is 0. The predicted molar refractivity (Wildman–Crippen MR) is 64.2 cm³/mol. The van der Waals surface area contributed by atoms with Crippen LogP contribution in [0.5, 0.6) is 0 Å². The van der Waals surface area contributed by atoms with Gasteiger partial charge in [-0.3, -0.25) is 0 Å². The van der Waals surface area contributed by atoms with E-state index in [1.165, 1.54) is 45.3 Å². The van der Waals surface area contributed by atoms with Crippen LogP contribution in [0.3, 0.4) is 0 Å². The van der Waals surface area contributed by atoms with E-state index in [0.29, 0.717) is 0 Å². The van der Waals surface area contributed by atoms with Gasteiger partial charge in [0.15, 0.2) is 0 Å². The van der Waals surface area contributed by atoms with Gasteiger partial charge in [0.25, 0.3) is 0 Å². The first-order valence-electron chi connectivity index (χ1n) is 6.38. The average molecular weight is 211 g/mol. The number of piperidine rings is 1. The molecule has 88 valence electrons. The Hall–Kier alpha value is -0.120. The Morgan fingerprint density at radius 2 is 2.13 bits per heavy atom. The maximum absolute atomic E-state index is 3.68. The second kappa shape index (κ2) is 5.28. The quantitative estimate of drug-likeness (QED) is 0.724. The van der Waals surface area contributed by atoms with Crippen LogP contribution in [0.15, 0.2) is 0 Å². The number of nitrogens with zero attached hydrogens (tertiary/aromatic N) is 2. The zero-order valence-electron chi connectivity index (χ0n) is 10.2. The van der Waals surface area contributed by atoms with Crippen molar-refractivity contribution in [1.29, 1.82) is 0 Å². The number of likely N-dealkylation sites (N-methyl/N-ethyl adjacent to an activating group) is 2. The molecule has 0 bridgehead atoms. The molecule has 0 spiro atoms. The number of hydrogen-bond donors (Lipinski definition) is 1. The first-order valence-corrected chi connectivity index (χ1v) is 6.38. The minimum atomic E-state index is 0.733. The number of hydrogen-bond acceptors (Lipinski definition) is 3. The topological polar surface area (TPSA) is 18.5 Å². The van der Waals surface area contributed by atoms with E-state index in [-0.39, 0.29) is 0 Å². The molecule has 0 aromatic rings. The lowest BCUT2D eigenvalue weighted by Gasteiger charge is -2.30. The summed E-state index contributed by atoms with van der Waals surface area (Å²) in [6.45, 7) is 4.88. The van der Waals surface area contributed by atoms with Crippen molar-refractivity contribution in [1.82, 2.24) is 15.1 Å². The molecule has 1 unspecified atom stereocenters. The molecule has 2 aliphatic rings. The zero-order valence-corrected chi connectivity index (χ0v) is 10.2. The number of likely N-dealkylation sites (tertiary alicyclic amines) is 1.